The molecule has 134 valence electrons. The first-order chi connectivity index (χ1) is 11.5. The normalized spacial score (nSPS) is 22.5. The van der Waals surface area contributed by atoms with Gasteiger partial charge in [-0.05, 0) is 38.9 Å². The van der Waals surface area contributed by atoms with Crippen LogP contribution in [0, 0.1) is 0 Å². The summed E-state index contributed by atoms with van der Waals surface area (Å²) in [6.45, 7) is 4.81. The number of aromatic nitrogens is 2. The van der Waals surface area contributed by atoms with Crippen LogP contribution >= 0.6 is 0 Å². The van der Waals surface area contributed by atoms with Gasteiger partial charge in [0.25, 0.3) is 5.91 Å². The van der Waals surface area contributed by atoms with Crippen LogP contribution in [0.4, 0.5) is 0 Å². The molecule has 2 saturated heterocycles. The minimum absolute atomic E-state index is 0.0567. The van der Waals surface area contributed by atoms with Crippen LogP contribution in [0.25, 0.3) is 0 Å². The van der Waals surface area contributed by atoms with Crippen molar-refractivity contribution >= 4 is 15.9 Å². The molecule has 9 heteroatoms. The molecule has 2 fully saturated rings. The van der Waals surface area contributed by atoms with Crippen molar-refractivity contribution in [3.05, 3.63) is 18.5 Å². The van der Waals surface area contributed by atoms with Crippen molar-refractivity contribution in [1.29, 1.82) is 0 Å². The van der Waals surface area contributed by atoms with Crippen LogP contribution < -0.4 is 5.32 Å². The van der Waals surface area contributed by atoms with E-state index in [2.05, 4.69) is 10.4 Å². The van der Waals surface area contributed by atoms with Crippen LogP contribution in [0.3, 0.4) is 0 Å². The van der Waals surface area contributed by atoms with E-state index in [-0.39, 0.29) is 11.7 Å². The number of rotatable bonds is 4. The maximum Gasteiger partial charge on any atom is 0.250 e. The van der Waals surface area contributed by atoms with Gasteiger partial charge in [0.1, 0.15) is 5.54 Å². The fraction of sp³-hybridized carbons (Fsp3) is 0.733. The standard InChI is InChI=1S/C15H25N5O3S/c1-2-24(22,23)19-12-10-18(11-13-19)14(21)15(4-7-16-8-5-15)20-9-3-6-17-20/h3,6,9,16H,2,4-5,7-8,10-13H2,1H3. The molecule has 0 atom stereocenters. The number of hydrogen-bond donors (Lipinski definition) is 1. The molecule has 0 radical (unpaired) electrons. The Hall–Kier alpha value is -1.45. The van der Waals surface area contributed by atoms with Crippen LogP contribution in [0.5, 0.6) is 0 Å². The summed E-state index contributed by atoms with van der Waals surface area (Å²) in [5, 5.41) is 7.62. The Balaban J connectivity index is 1.76. The molecule has 1 N–H and O–H groups in total. The Labute approximate surface area is 142 Å². The van der Waals surface area contributed by atoms with Crippen LogP contribution in [0.2, 0.25) is 0 Å². The average molecular weight is 355 g/mol. The molecule has 0 bridgehead atoms. The summed E-state index contributed by atoms with van der Waals surface area (Å²) in [4.78, 5) is 15.1. The lowest BCUT2D eigenvalue weighted by Gasteiger charge is -2.42. The van der Waals surface area contributed by atoms with E-state index in [1.54, 1.807) is 22.7 Å². The molecular formula is C15H25N5O3S. The lowest BCUT2D eigenvalue weighted by molar-refractivity contribution is -0.144. The van der Waals surface area contributed by atoms with E-state index < -0.39 is 15.6 Å². The van der Waals surface area contributed by atoms with E-state index in [4.69, 9.17) is 0 Å². The maximum absolute atomic E-state index is 13.3. The van der Waals surface area contributed by atoms with Crippen LogP contribution in [-0.2, 0) is 20.4 Å². The second-order valence-corrected chi connectivity index (χ2v) is 8.58. The van der Waals surface area contributed by atoms with Crippen molar-refractivity contribution in [1.82, 2.24) is 24.3 Å². The molecule has 0 aliphatic carbocycles. The van der Waals surface area contributed by atoms with Gasteiger partial charge in [-0.1, -0.05) is 0 Å². The molecule has 1 aromatic rings. The van der Waals surface area contributed by atoms with Crippen molar-refractivity contribution in [3.8, 4) is 0 Å². The van der Waals surface area contributed by atoms with Gasteiger partial charge in [0.15, 0.2) is 0 Å². The number of hydrogen-bond acceptors (Lipinski definition) is 5. The van der Waals surface area contributed by atoms with Gasteiger partial charge in [-0.2, -0.15) is 9.40 Å². The molecule has 0 saturated carbocycles. The number of nitrogens with one attached hydrogen (secondary N) is 1. The molecule has 24 heavy (non-hydrogen) atoms. The highest BCUT2D eigenvalue weighted by atomic mass is 32.2. The number of piperazine rings is 1. The van der Waals surface area contributed by atoms with Gasteiger partial charge in [0.05, 0.1) is 5.75 Å². The SMILES string of the molecule is CCS(=O)(=O)N1CCN(C(=O)C2(n3cccn3)CCNCC2)CC1. The van der Waals surface area contributed by atoms with Crippen LogP contribution in [0.1, 0.15) is 19.8 Å². The van der Waals surface area contributed by atoms with Gasteiger partial charge in [0, 0.05) is 38.6 Å². The molecule has 3 rings (SSSR count). The highest BCUT2D eigenvalue weighted by Crippen LogP contribution is 2.30. The van der Waals surface area contributed by atoms with Crippen molar-refractivity contribution in [3.63, 3.8) is 0 Å². The molecule has 0 unspecified atom stereocenters. The molecule has 3 heterocycles. The Morgan fingerprint density at radius 2 is 1.88 bits per heavy atom. The highest BCUT2D eigenvalue weighted by molar-refractivity contribution is 7.89. The topological polar surface area (TPSA) is 87.5 Å². The Morgan fingerprint density at radius 1 is 1.21 bits per heavy atom. The lowest BCUT2D eigenvalue weighted by atomic mass is 9.86. The summed E-state index contributed by atoms with van der Waals surface area (Å²) < 4.78 is 27.2. The zero-order chi connectivity index (χ0) is 17.2. The van der Waals surface area contributed by atoms with Crippen molar-refractivity contribution < 1.29 is 13.2 Å². The Morgan fingerprint density at radius 3 is 2.42 bits per heavy atom. The second-order valence-electron chi connectivity index (χ2n) is 6.32. The van der Waals surface area contributed by atoms with E-state index in [0.717, 1.165) is 13.1 Å². The summed E-state index contributed by atoms with van der Waals surface area (Å²) in [7, 11) is -3.19. The Bertz CT molecular complexity index is 659. The average Bonchev–Trinajstić information content (AvgIpc) is 3.17. The first kappa shape index (κ1) is 17.4. The quantitative estimate of drug-likeness (QED) is 0.783. The zero-order valence-electron chi connectivity index (χ0n) is 14.0. The van der Waals surface area contributed by atoms with Crippen LogP contribution in [-0.4, -0.2) is 78.3 Å². The second kappa shape index (κ2) is 6.81. The number of amides is 1. The third kappa shape index (κ3) is 3.07. The van der Waals surface area contributed by atoms with Gasteiger partial charge in [-0.3, -0.25) is 9.48 Å². The third-order valence-electron chi connectivity index (χ3n) is 5.06. The van der Waals surface area contributed by atoms with E-state index in [1.165, 1.54) is 4.31 Å². The van der Waals surface area contributed by atoms with Gasteiger partial charge in [-0.25, -0.2) is 8.42 Å². The van der Waals surface area contributed by atoms with Gasteiger partial charge in [0.2, 0.25) is 10.0 Å². The molecule has 8 nitrogen and oxygen atoms in total. The number of sulfonamides is 1. The summed E-state index contributed by atoms with van der Waals surface area (Å²) in [5.74, 6) is 0.158. The minimum atomic E-state index is -3.19. The first-order valence-corrected chi connectivity index (χ1v) is 10.1. The van der Waals surface area contributed by atoms with Crippen LogP contribution in [0.15, 0.2) is 18.5 Å². The summed E-state index contributed by atoms with van der Waals surface area (Å²) in [5.41, 5.74) is -0.652. The number of piperidine rings is 1. The maximum atomic E-state index is 13.3. The summed E-state index contributed by atoms with van der Waals surface area (Å²) in [6.07, 6.45) is 4.94. The fourth-order valence-corrected chi connectivity index (χ4v) is 4.63. The number of carbonyl (C=O) groups excluding carboxylic acids is 1. The molecule has 2 aliphatic rings. The van der Waals surface area contributed by atoms with E-state index >= 15 is 0 Å². The Kier molecular flexibility index (Phi) is 4.93. The van der Waals surface area contributed by atoms with E-state index in [9.17, 15) is 13.2 Å². The number of carbonyl (C=O) groups is 1. The molecule has 0 spiro atoms. The zero-order valence-corrected chi connectivity index (χ0v) is 14.8. The minimum Gasteiger partial charge on any atom is -0.338 e. The molecule has 2 aliphatic heterocycles. The summed E-state index contributed by atoms with van der Waals surface area (Å²) >= 11 is 0. The predicted octanol–water partition coefficient (Wildman–Crippen LogP) is -0.544. The van der Waals surface area contributed by atoms with E-state index in [1.807, 2.05) is 12.3 Å². The molecule has 1 amide bonds. The smallest absolute Gasteiger partial charge is 0.250 e. The molecule has 1 aromatic heterocycles. The van der Waals surface area contributed by atoms with Crippen molar-refractivity contribution in [2.75, 3.05) is 45.0 Å². The highest BCUT2D eigenvalue weighted by Gasteiger charge is 2.45. The summed E-state index contributed by atoms with van der Waals surface area (Å²) in [6, 6.07) is 1.84. The monoisotopic (exact) mass is 355 g/mol. The van der Waals surface area contributed by atoms with Gasteiger partial charge in [-0.15, -0.1) is 0 Å². The fourth-order valence-electron chi connectivity index (χ4n) is 3.55. The predicted molar refractivity (Wildman–Crippen MR) is 89.9 cm³/mol. The number of nitrogens with zero attached hydrogens (tertiary/aromatic N) is 4. The lowest BCUT2D eigenvalue weighted by Crippen LogP contribution is -2.59. The molecule has 0 aromatic carbocycles. The first-order valence-electron chi connectivity index (χ1n) is 8.48. The van der Waals surface area contributed by atoms with E-state index in [0.29, 0.717) is 39.0 Å². The largest absolute Gasteiger partial charge is 0.338 e. The molecular weight excluding hydrogens is 330 g/mol. The van der Waals surface area contributed by atoms with Gasteiger partial charge < -0.3 is 10.2 Å². The van der Waals surface area contributed by atoms with Crippen molar-refractivity contribution in [2.24, 2.45) is 0 Å². The third-order valence-corrected chi connectivity index (χ3v) is 6.94. The van der Waals surface area contributed by atoms with Gasteiger partial charge >= 0.3 is 0 Å². The van der Waals surface area contributed by atoms with Crippen molar-refractivity contribution in [2.45, 2.75) is 25.3 Å².